The molecule has 0 radical (unpaired) electrons. The minimum atomic E-state index is -5.00. The van der Waals surface area contributed by atoms with Crippen LogP contribution in [0.3, 0.4) is 0 Å². The fourth-order valence-electron chi connectivity index (χ4n) is 15.1. The van der Waals surface area contributed by atoms with Crippen molar-refractivity contribution < 1.29 is 64.5 Å². The number of rotatable bonds is 32. The largest absolute Gasteiger partial charge is 0.491 e. The molecule has 0 saturated heterocycles. The van der Waals surface area contributed by atoms with Crippen molar-refractivity contribution in [3.8, 4) is 43.9 Å². The van der Waals surface area contributed by atoms with Crippen LogP contribution < -0.4 is 18.9 Å². The van der Waals surface area contributed by atoms with E-state index in [-0.39, 0.29) is 66.5 Å². The summed E-state index contributed by atoms with van der Waals surface area (Å²) in [6.07, 6.45) is 5.63. The predicted octanol–water partition coefficient (Wildman–Crippen LogP) is 24.6. The van der Waals surface area contributed by atoms with Gasteiger partial charge < -0.3 is 18.9 Å². The first-order valence-electron chi connectivity index (χ1n) is 35.8. The Morgan fingerprint density at radius 3 is 1.02 bits per heavy atom. The number of alkyl halides is 6. The quantitative estimate of drug-likeness (QED) is 0.0177. The molecule has 20 heteroatoms. The number of carbonyl (C=O) groups excluding carboxylic acids is 4. The molecule has 10 nitrogen and oxygen atoms in total. The zero-order valence-electron chi connectivity index (χ0n) is 57.9. The third-order valence-corrected chi connectivity index (χ3v) is 25.0. The monoisotopic (exact) mass is 1440 g/mol. The average molecular weight is 1440 g/mol. The molecule has 11 aromatic rings. The molecular formula is C80H84F6N2O8S4. The highest BCUT2D eigenvalue weighted by Crippen LogP contribution is 2.58. The van der Waals surface area contributed by atoms with Crippen LogP contribution in [0.15, 0.2) is 71.4 Å². The van der Waals surface area contributed by atoms with Crippen molar-refractivity contribution in [1.29, 1.82) is 0 Å². The van der Waals surface area contributed by atoms with Crippen LogP contribution in [0.2, 0.25) is 0 Å². The first-order valence-corrected chi connectivity index (χ1v) is 39.2. The summed E-state index contributed by atoms with van der Waals surface area (Å²) >= 11 is 5.82. The minimum absolute atomic E-state index is 0.114. The number of unbranched alkanes of at least 4 members (excludes halogenated alkanes) is 4. The molecule has 4 aromatic heterocycles. The van der Waals surface area contributed by atoms with Crippen molar-refractivity contribution >= 4 is 152 Å². The fourth-order valence-corrected chi connectivity index (χ4v) is 19.3. The number of hydrogen-bond acceptors (Lipinski definition) is 12. The zero-order chi connectivity index (χ0) is 70.6. The molecule has 4 amide bonds. The minimum Gasteiger partial charge on any atom is -0.491 e. The Bertz CT molecular complexity index is 4520. The second-order valence-corrected chi connectivity index (χ2v) is 31.3. The van der Waals surface area contributed by atoms with E-state index in [1.54, 1.807) is 24.3 Å². The van der Waals surface area contributed by atoms with E-state index in [0.29, 0.717) is 103 Å². The summed E-state index contributed by atoms with van der Waals surface area (Å²) in [4.78, 5) is 62.0. The van der Waals surface area contributed by atoms with Crippen molar-refractivity contribution in [3.05, 3.63) is 93.7 Å². The lowest BCUT2D eigenvalue weighted by molar-refractivity contribution is -0.137. The number of ether oxygens (including phenoxy) is 4. The summed E-state index contributed by atoms with van der Waals surface area (Å²) in [5, 5.41) is 9.88. The summed E-state index contributed by atoms with van der Waals surface area (Å²) in [5.74, 6) is -1.06. The second-order valence-electron chi connectivity index (χ2n) is 27.4. The van der Waals surface area contributed by atoms with Crippen LogP contribution in [0.25, 0.3) is 104 Å². The van der Waals surface area contributed by atoms with Crippen molar-refractivity contribution in [2.75, 3.05) is 39.5 Å². The number of amides is 4. The van der Waals surface area contributed by atoms with E-state index in [0.717, 1.165) is 143 Å². The summed E-state index contributed by atoms with van der Waals surface area (Å²) in [7, 11) is 0. The Kier molecular flexibility index (Phi) is 20.8. The normalized spacial score (nSPS) is 15.1. The highest BCUT2D eigenvalue weighted by Gasteiger charge is 2.45. The van der Waals surface area contributed by atoms with Crippen LogP contribution in [-0.2, 0) is 0 Å². The van der Waals surface area contributed by atoms with Crippen LogP contribution in [0.5, 0.6) is 23.0 Å². The topological polar surface area (TPSA) is 112 Å². The third-order valence-electron chi connectivity index (χ3n) is 20.8. The van der Waals surface area contributed by atoms with E-state index in [9.17, 15) is 22.8 Å². The molecule has 0 saturated carbocycles. The Labute approximate surface area is 594 Å². The van der Waals surface area contributed by atoms with Crippen LogP contribution in [0.4, 0.5) is 26.3 Å². The standard InChI is InChI=1S/C80H84F6N2O8S4/c1-9-17-21-43(13-5)37-93-67-51-29-31-97-71(51)69(95-39-45(15-7)23-19-11-3)57-35-59(99-73(57)67)53-33-55-65-56(78(92)88(77(55)91)42-80(84,85)86)34-54(63-48-26-28-50-64-49(27-25-47(61(48)64)62(53)66(63)65)75(89)87(76(50)90)41-79(81,82)83)60-36-58-70(96-40-46(16-8)24-20-12-4)72-52(30-32-98-72)68(74(58)100-60)94-38-44(14-6)22-18-10-2/h25-36,43-46H,9-24,37-42H2,1-8H3. The second kappa shape index (κ2) is 29.2. The van der Waals surface area contributed by atoms with Gasteiger partial charge in [0, 0.05) is 80.8 Å². The first kappa shape index (κ1) is 71.1. The maximum atomic E-state index is 15.5. The van der Waals surface area contributed by atoms with E-state index in [1.807, 2.05) is 35.0 Å². The van der Waals surface area contributed by atoms with E-state index in [2.05, 4.69) is 55.4 Å². The van der Waals surface area contributed by atoms with Gasteiger partial charge >= 0.3 is 12.4 Å². The van der Waals surface area contributed by atoms with Gasteiger partial charge in [-0.25, -0.2) is 0 Å². The highest BCUT2D eigenvalue weighted by molar-refractivity contribution is 7.24. The average Bonchev–Trinajstić information content (AvgIpc) is 0.963. The number of fused-ring (bicyclic) bond motifs is 6. The van der Waals surface area contributed by atoms with Crippen LogP contribution in [-0.4, -0.2) is 85.3 Å². The molecule has 4 atom stereocenters. The van der Waals surface area contributed by atoms with E-state index in [1.165, 1.54) is 57.5 Å². The molecule has 528 valence electrons. The van der Waals surface area contributed by atoms with Gasteiger partial charge in [0.1, 0.15) is 36.1 Å². The first-order chi connectivity index (χ1) is 48.2. The third kappa shape index (κ3) is 13.0. The molecule has 7 aromatic carbocycles. The molecule has 2 aliphatic heterocycles. The van der Waals surface area contributed by atoms with E-state index in [4.69, 9.17) is 18.9 Å². The Morgan fingerprint density at radius 2 is 0.690 bits per heavy atom. The number of halogens is 6. The van der Waals surface area contributed by atoms with Gasteiger partial charge in [-0.3, -0.25) is 29.0 Å². The number of imide groups is 2. The Hall–Kier alpha value is -7.26. The lowest BCUT2D eigenvalue weighted by Gasteiger charge is -2.32. The molecule has 6 heterocycles. The molecule has 13 rings (SSSR count). The zero-order valence-corrected chi connectivity index (χ0v) is 61.1. The SMILES string of the molecule is CCCCC(CC)COc1c2cc(-c3cc4c5c(cc(-c6cc7c(OCC(CC)CCCC)c8sccc8c(OCC(CC)CCCC)c7s6)c6c7ccc8c9c(ccc(c3c56)c97)C(=O)N(CC(F)(F)F)C8=O)C(=O)N(CC(F)(F)F)C4=O)sc2c(OCC(CC)CCCC)c2ccsc12. The maximum absolute atomic E-state index is 15.5. The molecule has 100 heavy (non-hydrogen) atoms. The van der Waals surface area contributed by atoms with E-state index < -0.39 is 49.1 Å². The Morgan fingerprint density at radius 1 is 0.360 bits per heavy atom. The van der Waals surface area contributed by atoms with Crippen LogP contribution in [0.1, 0.15) is 200 Å². The van der Waals surface area contributed by atoms with Gasteiger partial charge in [-0.2, -0.15) is 26.3 Å². The summed E-state index contributed by atoms with van der Waals surface area (Å²) < 4.78 is 120. The maximum Gasteiger partial charge on any atom is 0.406 e. The van der Waals surface area contributed by atoms with Crippen molar-refractivity contribution in [3.63, 3.8) is 0 Å². The fraction of sp³-hybridized carbons (Fsp3) is 0.450. The van der Waals surface area contributed by atoms with Gasteiger partial charge in [-0.05, 0) is 136 Å². The summed E-state index contributed by atoms with van der Waals surface area (Å²) in [6.45, 7) is 15.3. The molecule has 0 fully saturated rings. The van der Waals surface area contributed by atoms with Gasteiger partial charge in [-0.15, -0.1) is 45.3 Å². The van der Waals surface area contributed by atoms with Gasteiger partial charge in [0.05, 0.1) is 45.2 Å². The number of nitrogens with zero attached hydrogens (tertiary/aromatic N) is 2. The predicted molar refractivity (Wildman–Crippen MR) is 398 cm³/mol. The van der Waals surface area contributed by atoms with Crippen LogP contribution in [0, 0.1) is 23.7 Å². The molecule has 0 bridgehead atoms. The van der Waals surface area contributed by atoms with Crippen molar-refractivity contribution in [1.82, 2.24) is 9.80 Å². The highest BCUT2D eigenvalue weighted by atomic mass is 32.1. The lowest BCUT2D eigenvalue weighted by atomic mass is 9.79. The molecule has 0 spiro atoms. The Balaban J connectivity index is 1.16. The van der Waals surface area contributed by atoms with Gasteiger partial charge in [0.15, 0.2) is 0 Å². The van der Waals surface area contributed by atoms with Crippen molar-refractivity contribution in [2.45, 2.75) is 170 Å². The molecular weight excluding hydrogens is 1360 g/mol. The van der Waals surface area contributed by atoms with Gasteiger partial charge in [-0.1, -0.05) is 145 Å². The molecule has 0 aliphatic carbocycles. The lowest BCUT2D eigenvalue weighted by Crippen LogP contribution is -2.45. The van der Waals surface area contributed by atoms with E-state index >= 15 is 22.8 Å². The number of carbonyl (C=O) groups is 4. The summed E-state index contributed by atoms with van der Waals surface area (Å²) in [5.41, 5.74) is 0.196. The number of hydrogen-bond donors (Lipinski definition) is 0. The number of thiophene rings is 4. The summed E-state index contributed by atoms with van der Waals surface area (Å²) in [6, 6.07) is 17.3. The molecule has 4 unspecified atom stereocenters. The molecule has 0 N–H and O–H groups in total. The number of benzene rings is 7. The molecule has 2 aliphatic rings. The van der Waals surface area contributed by atoms with Gasteiger partial charge in [0.2, 0.25) is 0 Å². The smallest absolute Gasteiger partial charge is 0.406 e. The van der Waals surface area contributed by atoms with Crippen LogP contribution >= 0.6 is 45.3 Å². The van der Waals surface area contributed by atoms with Gasteiger partial charge in [0.25, 0.3) is 23.6 Å². The van der Waals surface area contributed by atoms with Crippen molar-refractivity contribution in [2.24, 2.45) is 23.7 Å².